The van der Waals surface area contributed by atoms with E-state index in [-0.39, 0.29) is 5.41 Å². The van der Waals surface area contributed by atoms with E-state index in [0.717, 1.165) is 0 Å². The molecule has 0 bridgehead atoms. The van der Waals surface area contributed by atoms with E-state index in [1.807, 2.05) is 0 Å². The third kappa shape index (κ3) is 1.75. The SMILES string of the molecule is CC1(C)c2ccccc2N(I)c2c1ccc1ccccc21. The number of rotatable bonds is 0. The van der Waals surface area contributed by atoms with Crippen molar-refractivity contribution in [1.29, 1.82) is 0 Å². The highest BCUT2D eigenvalue weighted by molar-refractivity contribution is 14.1. The second-order valence-electron chi connectivity index (χ2n) is 6.11. The summed E-state index contributed by atoms with van der Waals surface area (Å²) in [4.78, 5) is 0. The highest BCUT2D eigenvalue weighted by Crippen LogP contribution is 2.52. The number of hydrogen-bond acceptors (Lipinski definition) is 1. The fourth-order valence-electron chi connectivity index (χ4n) is 3.41. The summed E-state index contributed by atoms with van der Waals surface area (Å²) in [7, 11) is 0. The zero-order valence-electron chi connectivity index (χ0n) is 12.1. The normalized spacial score (nSPS) is 15.7. The Morgan fingerprint density at radius 1 is 0.810 bits per heavy atom. The molecule has 1 aliphatic rings. The lowest BCUT2D eigenvalue weighted by atomic mass is 9.73. The molecular weight excluding hydrogens is 369 g/mol. The van der Waals surface area contributed by atoms with Gasteiger partial charge in [-0.25, -0.2) is 0 Å². The van der Waals surface area contributed by atoms with E-state index in [2.05, 4.69) is 100 Å². The molecule has 4 rings (SSSR count). The van der Waals surface area contributed by atoms with Crippen LogP contribution in [0.4, 0.5) is 11.4 Å². The summed E-state index contributed by atoms with van der Waals surface area (Å²) in [6, 6.07) is 21.9. The summed E-state index contributed by atoms with van der Waals surface area (Å²) in [6.45, 7) is 4.64. The predicted molar refractivity (Wildman–Crippen MR) is 98.7 cm³/mol. The molecule has 21 heavy (non-hydrogen) atoms. The van der Waals surface area contributed by atoms with Crippen LogP contribution in [-0.2, 0) is 5.41 Å². The van der Waals surface area contributed by atoms with Gasteiger partial charge >= 0.3 is 0 Å². The molecule has 0 fully saturated rings. The first-order valence-corrected chi connectivity index (χ1v) is 8.15. The Morgan fingerprint density at radius 3 is 2.38 bits per heavy atom. The lowest BCUT2D eigenvalue weighted by molar-refractivity contribution is 0.637. The van der Waals surface area contributed by atoms with Crippen LogP contribution in [0.5, 0.6) is 0 Å². The van der Waals surface area contributed by atoms with Crippen LogP contribution < -0.4 is 3.11 Å². The van der Waals surface area contributed by atoms with Gasteiger partial charge in [0.1, 0.15) is 0 Å². The van der Waals surface area contributed by atoms with Crippen LogP contribution in [0.1, 0.15) is 25.0 Å². The van der Waals surface area contributed by atoms with Crippen molar-refractivity contribution in [2.24, 2.45) is 0 Å². The molecule has 0 aromatic heterocycles. The molecular formula is C19H16IN. The standard InChI is InChI=1S/C19H16IN/c1-19(2)15-9-5-6-10-17(15)21(20)18-14-8-4-3-7-13(14)11-12-16(18)19/h3-12H,1-2H3. The third-order valence-corrected chi connectivity index (χ3v) is 5.56. The minimum absolute atomic E-state index is 0.0254. The van der Waals surface area contributed by atoms with E-state index in [1.165, 1.54) is 33.3 Å². The van der Waals surface area contributed by atoms with Crippen molar-refractivity contribution in [3.63, 3.8) is 0 Å². The van der Waals surface area contributed by atoms with Gasteiger partial charge in [0.25, 0.3) is 0 Å². The first kappa shape index (κ1) is 13.1. The van der Waals surface area contributed by atoms with E-state index in [0.29, 0.717) is 0 Å². The molecule has 0 radical (unpaired) electrons. The predicted octanol–water partition coefficient (Wildman–Crippen LogP) is 5.97. The molecule has 0 saturated heterocycles. The van der Waals surface area contributed by atoms with Crippen LogP contribution >= 0.6 is 22.9 Å². The van der Waals surface area contributed by atoms with Crippen LogP contribution in [0.3, 0.4) is 0 Å². The van der Waals surface area contributed by atoms with Crippen LogP contribution in [0, 0.1) is 0 Å². The Morgan fingerprint density at radius 2 is 1.52 bits per heavy atom. The molecule has 0 amide bonds. The highest BCUT2D eigenvalue weighted by atomic mass is 127. The largest absolute Gasteiger partial charge is 0.282 e. The van der Waals surface area contributed by atoms with Crippen LogP contribution in [-0.4, -0.2) is 0 Å². The van der Waals surface area contributed by atoms with Crippen molar-refractivity contribution in [3.05, 3.63) is 71.8 Å². The van der Waals surface area contributed by atoms with Crippen molar-refractivity contribution in [2.75, 3.05) is 3.11 Å². The summed E-state index contributed by atoms with van der Waals surface area (Å²) in [5.41, 5.74) is 5.44. The lowest BCUT2D eigenvalue weighted by Crippen LogP contribution is -2.28. The van der Waals surface area contributed by atoms with Gasteiger partial charge in [-0.05, 0) is 22.6 Å². The zero-order chi connectivity index (χ0) is 14.6. The Balaban J connectivity index is 2.13. The van der Waals surface area contributed by atoms with Crippen LogP contribution in [0.25, 0.3) is 10.8 Å². The minimum Gasteiger partial charge on any atom is -0.282 e. The maximum atomic E-state index is 2.44. The first-order valence-electron chi connectivity index (χ1n) is 7.18. The van der Waals surface area contributed by atoms with Crippen molar-refractivity contribution in [2.45, 2.75) is 19.3 Å². The van der Waals surface area contributed by atoms with Gasteiger partial charge in [-0.3, -0.25) is 3.11 Å². The molecule has 1 heterocycles. The quantitative estimate of drug-likeness (QED) is 0.341. The van der Waals surface area contributed by atoms with Gasteiger partial charge in [0.15, 0.2) is 0 Å². The molecule has 104 valence electrons. The van der Waals surface area contributed by atoms with Crippen LogP contribution in [0.2, 0.25) is 0 Å². The molecule has 0 spiro atoms. The monoisotopic (exact) mass is 385 g/mol. The number of nitrogens with zero attached hydrogens (tertiary/aromatic N) is 1. The molecule has 3 aromatic carbocycles. The summed E-state index contributed by atoms with van der Waals surface area (Å²) in [6.07, 6.45) is 0. The topological polar surface area (TPSA) is 3.24 Å². The maximum absolute atomic E-state index is 2.44. The Kier molecular flexibility index (Phi) is 2.80. The number of benzene rings is 3. The van der Waals surface area contributed by atoms with Gasteiger partial charge in [-0.1, -0.05) is 68.4 Å². The van der Waals surface area contributed by atoms with E-state index in [1.54, 1.807) is 0 Å². The maximum Gasteiger partial charge on any atom is 0.0646 e. The van der Waals surface area contributed by atoms with E-state index in [4.69, 9.17) is 0 Å². The van der Waals surface area contributed by atoms with E-state index < -0.39 is 0 Å². The van der Waals surface area contributed by atoms with Gasteiger partial charge in [-0.2, -0.15) is 0 Å². The molecule has 1 nitrogen and oxygen atoms in total. The Bertz CT molecular complexity index is 851. The van der Waals surface area contributed by atoms with E-state index in [9.17, 15) is 0 Å². The molecule has 0 atom stereocenters. The van der Waals surface area contributed by atoms with Gasteiger partial charge < -0.3 is 0 Å². The average molecular weight is 385 g/mol. The van der Waals surface area contributed by atoms with Crippen molar-refractivity contribution in [3.8, 4) is 0 Å². The molecule has 1 aliphatic heterocycles. The molecule has 0 N–H and O–H groups in total. The second-order valence-corrected chi connectivity index (χ2v) is 7.07. The number of fused-ring (bicyclic) bond motifs is 4. The van der Waals surface area contributed by atoms with Crippen molar-refractivity contribution < 1.29 is 0 Å². The number of para-hydroxylation sites is 1. The second kappa shape index (κ2) is 4.47. The number of hydrogen-bond donors (Lipinski definition) is 0. The smallest absolute Gasteiger partial charge is 0.0646 e. The van der Waals surface area contributed by atoms with Gasteiger partial charge in [0.05, 0.1) is 34.2 Å². The molecule has 2 heteroatoms. The number of anilines is 2. The summed E-state index contributed by atoms with van der Waals surface area (Å²) < 4.78 is 2.32. The summed E-state index contributed by atoms with van der Waals surface area (Å²) in [5, 5.41) is 2.63. The van der Waals surface area contributed by atoms with Gasteiger partial charge in [-0.15, -0.1) is 0 Å². The summed E-state index contributed by atoms with van der Waals surface area (Å²) in [5.74, 6) is 0. The van der Waals surface area contributed by atoms with Gasteiger partial charge in [0, 0.05) is 10.8 Å². The number of halogens is 1. The highest BCUT2D eigenvalue weighted by Gasteiger charge is 2.36. The van der Waals surface area contributed by atoms with E-state index >= 15 is 0 Å². The van der Waals surface area contributed by atoms with Crippen molar-refractivity contribution >= 4 is 45.0 Å². The Labute approximate surface area is 139 Å². The Hall–Kier alpha value is -1.55. The molecule has 3 aromatic rings. The average Bonchev–Trinajstić information content (AvgIpc) is 2.52. The fourth-order valence-corrected chi connectivity index (χ4v) is 4.35. The molecule has 0 saturated carbocycles. The fraction of sp³-hybridized carbons (Fsp3) is 0.158. The summed E-state index contributed by atoms with van der Waals surface area (Å²) >= 11 is 2.44. The first-order chi connectivity index (χ1) is 10.1. The minimum atomic E-state index is 0.0254. The van der Waals surface area contributed by atoms with Crippen LogP contribution in [0.15, 0.2) is 60.7 Å². The van der Waals surface area contributed by atoms with Crippen molar-refractivity contribution in [1.82, 2.24) is 0 Å². The molecule has 0 aliphatic carbocycles. The third-order valence-electron chi connectivity index (χ3n) is 4.56. The lowest BCUT2D eigenvalue weighted by Gasteiger charge is -2.39. The zero-order valence-corrected chi connectivity index (χ0v) is 14.3. The van der Waals surface area contributed by atoms with Gasteiger partial charge in [0.2, 0.25) is 0 Å². The molecule has 0 unspecified atom stereocenters.